The largest absolute Gasteiger partial charge is 0.495 e. The van der Waals surface area contributed by atoms with E-state index in [1.807, 2.05) is 50.7 Å². The Hall–Kier alpha value is -1.56. The van der Waals surface area contributed by atoms with Crippen molar-refractivity contribution in [3.05, 3.63) is 18.2 Å². The predicted octanol–water partition coefficient (Wildman–Crippen LogP) is 4.35. The van der Waals surface area contributed by atoms with Crippen LogP contribution in [0, 0.1) is 0 Å². The van der Waals surface area contributed by atoms with Crippen LogP contribution in [0.25, 0.3) is 0 Å². The summed E-state index contributed by atoms with van der Waals surface area (Å²) in [6.07, 6.45) is 0.657. The van der Waals surface area contributed by atoms with Crippen molar-refractivity contribution in [2.24, 2.45) is 0 Å². The second-order valence-electron chi connectivity index (χ2n) is 6.66. The second kappa shape index (κ2) is 7.34. The van der Waals surface area contributed by atoms with E-state index in [2.05, 4.69) is 17.6 Å². The van der Waals surface area contributed by atoms with Gasteiger partial charge in [-0.15, -0.1) is 0 Å². The molecule has 0 saturated carbocycles. The third-order valence-electron chi connectivity index (χ3n) is 3.56. The number of amides is 1. The van der Waals surface area contributed by atoms with Crippen LogP contribution in [-0.4, -0.2) is 35.8 Å². The van der Waals surface area contributed by atoms with E-state index in [1.54, 1.807) is 7.11 Å². The normalized spacial score (nSPS) is 20.9. The van der Waals surface area contributed by atoms with E-state index in [4.69, 9.17) is 9.47 Å². The van der Waals surface area contributed by atoms with Gasteiger partial charge in [-0.3, -0.25) is 5.32 Å². The van der Waals surface area contributed by atoms with Crippen molar-refractivity contribution in [3.8, 4) is 5.75 Å². The lowest BCUT2D eigenvalue weighted by atomic mass is 10.1. The lowest BCUT2D eigenvalue weighted by molar-refractivity contribution is 0.0635. The van der Waals surface area contributed by atoms with Gasteiger partial charge in [0.25, 0.3) is 0 Å². The number of thioether (sulfide) groups is 1. The van der Waals surface area contributed by atoms with Gasteiger partial charge >= 0.3 is 6.09 Å². The van der Waals surface area contributed by atoms with Gasteiger partial charge in [-0.1, -0.05) is 6.92 Å². The zero-order valence-electron chi connectivity index (χ0n) is 14.4. The first kappa shape index (κ1) is 17.8. The Morgan fingerprint density at radius 3 is 2.65 bits per heavy atom. The summed E-state index contributed by atoms with van der Waals surface area (Å²) in [4.78, 5) is 12.0. The fourth-order valence-electron chi connectivity index (χ4n) is 2.44. The van der Waals surface area contributed by atoms with E-state index in [1.165, 1.54) is 5.75 Å². The van der Waals surface area contributed by atoms with E-state index >= 15 is 0 Å². The smallest absolute Gasteiger partial charge is 0.412 e. The number of rotatable bonds is 4. The molecular formula is C17H26N2O3S. The summed E-state index contributed by atoms with van der Waals surface area (Å²) < 4.78 is 10.6. The molecule has 0 aliphatic carbocycles. The molecule has 23 heavy (non-hydrogen) atoms. The van der Waals surface area contributed by atoms with Crippen LogP contribution in [-0.2, 0) is 4.74 Å². The van der Waals surface area contributed by atoms with Crippen LogP contribution in [0.3, 0.4) is 0 Å². The van der Waals surface area contributed by atoms with Crippen LogP contribution >= 0.6 is 11.8 Å². The average molecular weight is 338 g/mol. The van der Waals surface area contributed by atoms with Crippen LogP contribution in [0.5, 0.6) is 5.75 Å². The maximum absolute atomic E-state index is 12.0. The highest BCUT2D eigenvalue weighted by molar-refractivity contribution is 8.00. The summed E-state index contributed by atoms with van der Waals surface area (Å²) in [5, 5.41) is 6.88. The topological polar surface area (TPSA) is 59.6 Å². The minimum Gasteiger partial charge on any atom is -0.495 e. The summed E-state index contributed by atoms with van der Waals surface area (Å²) in [6, 6.07) is 6.15. The Balaban J connectivity index is 2.10. The molecule has 1 aromatic carbocycles. The third-order valence-corrected chi connectivity index (χ3v) is 4.89. The van der Waals surface area contributed by atoms with Gasteiger partial charge < -0.3 is 14.8 Å². The molecule has 2 rings (SSSR count). The molecule has 1 aliphatic rings. The standard InChI is InChI=1S/C17H26N2O3S/c1-11-13(8-9-23-11)18-12-6-7-15(21-5)14(10-12)19-16(20)22-17(2,3)4/h6-7,10-11,13,18H,8-9H2,1-5H3,(H,19,20). The van der Waals surface area contributed by atoms with Crippen LogP contribution < -0.4 is 15.4 Å². The number of carbonyl (C=O) groups is 1. The van der Waals surface area contributed by atoms with E-state index in [0.717, 1.165) is 12.1 Å². The summed E-state index contributed by atoms with van der Waals surface area (Å²) in [5.74, 6) is 1.79. The molecule has 1 amide bonds. The van der Waals surface area contributed by atoms with E-state index < -0.39 is 11.7 Å². The van der Waals surface area contributed by atoms with E-state index in [-0.39, 0.29) is 0 Å². The molecule has 5 nitrogen and oxygen atoms in total. The number of carbonyl (C=O) groups excluding carboxylic acids is 1. The van der Waals surface area contributed by atoms with Crippen LogP contribution in [0.2, 0.25) is 0 Å². The summed E-state index contributed by atoms with van der Waals surface area (Å²) >= 11 is 1.98. The van der Waals surface area contributed by atoms with Crippen molar-refractivity contribution in [3.63, 3.8) is 0 Å². The van der Waals surface area contributed by atoms with Crippen molar-refractivity contribution < 1.29 is 14.3 Å². The molecule has 128 valence electrons. The highest BCUT2D eigenvalue weighted by Crippen LogP contribution is 2.32. The number of ether oxygens (including phenoxy) is 2. The predicted molar refractivity (Wildman–Crippen MR) is 96.8 cm³/mol. The number of nitrogens with one attached hydrogen (secondary N) is 2. The summed E-state index contributed by atoms with van der Waals surface area (Å²) in [6.45, 7) is 7.74. The number of hydrogen-bond acceptors (Lipinski definition) is 5. The first-order valence-corrected chi connectivity index (χ1v) is 8.89. The van der Waals surface area contributed by atoms with Gasteiger partial charge in [0, 0.05) is 17.0 Å². The first-order valence-electron chi connectivity index (χ1n) is 7.84. The highest BCUT2D eigenvalue weighted by Gasteiger charge is 2.24. The van der Waals surface area contributed by atoms with Crippen LogP contribution in [0.15, 0.2) is 18.2 Å². The Labute approximate surface area is 142 Å². The molecule has 2 N–H and O–H groups in total. The molecule has 1 fully saturated rings. The molecule has 1 aliphatic heterocycles. The van der Waals surface area contributed by atoms with Crippen molar-refractivity contribution in [1.82, 2.24) is 0 Å². The van der Waals surface area contributed by atoms with Gasteiger partial charge in [0.15, 0.2) is 0 Å². The van der Waals surface area contributed by atoms with Gasteiger partial charge in [0.05, 0.1) is 12.8 Å². The van der Waals surface area contributed by atoms with Crippen molar-refractivity contribution in [1.29, 1.82) is 0 Å². The number of anilines is 2. The minimum atomic E-state index is -0.538. The van der Waals surface area contributed by atoms with E-state index in [0.29, 0.717) is 22.7 Å². The lowest BCUT2D eigenvalue weighted by Gasteiger charge is -2.21. The molecular weight excluding hydrogens is 312 g/mol. The molecule has 0 bridgehead atoms. The molecule has 2 atom stereocenters. The second-order valence-corrected chi connectivity index (χ2v) is 8.14. The van der Waals surface area contributed by atoms with Crippen molar-refractivity contribution >= 4 is 29.2 Å². The maximum Gasteiger partial charge on any atom is 0.412 e. The monoisotopic (exact) mass is 338 g/mol. The maximum atomic E-state index is 12.0. The zero-order valence-corrected chi connectivity index (χ0v) is 15.3. The van der Waals surface area contributed by atoms with Gasteiger partial charge in [0.2, 0.25) is 0 Å². The number of hydrogen-bond donors (Lipinski definition) is 2. The lowest BCUT2D eigenvalue weighted by Crippen LogP contribution is -2.27. The SMILES string of the molecule is COc1ccc(NC2CCSC2C)cc1NC(=O)OC(C)(C)C. The van der Waals surface area contributed by atoms with Crippen molar-refractivity contribution in [2.75, 3.05) is 23.5 Å². The molecule has 1 saturated heterocycles. The fraction of sp³-hybridized carbons (Fsp3) is 0.588. The summed E-state index contributed by atoms with van der Waals surface area (Å²) in [5.41, 5.74) is 1.03. The molecule has 1 heterocycles. The molecule has 0 radical (unpaired) electrons. The third kappa shape index (κ3) is 5.23. The van der Waals surface area contributed by atoms with Gasteiger partial charge in [-0.25, -0.2) is 4.79 Å². The molecule has 6 heteroatoms. The molecule has 1 aromatic rings. The van der Waals surface area contributed by atoms with Crippen LogP contribution in [0.4, 0.5) is 16.2 Å². The Morgan fingerprint density at radius 2 is 2.09 bits per heavy atom. The van der Waals surface area contributed by atoms with Gasteiger partial charge in [-0.05, 0) is 51.1 Å². The fourth-order valence-corrected chi connectivity index (χ4v) is 3.64. The summed E-state index contributed by atoms with van der Waals surface area (Å²) in [7, 11) is 1.58. The minimum absolute atomic E-state index is 0.447. The van der Waals surface area contributed by atoms with Gasteiger partial charge in [-0.2, -0.15) is 11.8 Å². The highest BCUT2D eigenvalue weighted by atomic mass is 32.2. The molecule has 0 aromatic heterocycles. The van der Waals surface area contributed by atoms with E-state index in [9.17, 15) is 4.79 Å². The Bertz CT molecular complexity index is 557. The first-order chi connectivity index (χ1) is 10.8. The zero-order chi connectivity index (χ0) is 17.0. The Kier molecular flexibility index (Phi) is 5.68. The Morgan fingerprint density at radius 1 is 1.35 bits per heavy atom. The van der Waals surface area contributed by atoms with Crippen molar-refractivity contribution in [2.45, 2.75) is 51.0 Å². The number of benzene rings is 1. The quantitative estimate of drug-likeness (QED) is 0.855. The molecule has 0 spiro atoms. The van der Waals surface area contributed by atoms with Gasteiger partial charge in [0.1, 0.15) is 11.4 Å². The molecule has 2 unspecified atom stereocenters. The number of methoxy groups -OCH3 is 1. The average Bonchev–Trinajstić information content (AvgIpc) is 2.82. The van der Waals surface area contributed by atoms with Crippen LogP contribution in [0.1, 0.15) is 34.1 Å².